The number of ether oxygens (including phenoxy) is 1. The summed E-state index contributed by atoms with van der Waals surface area (Å²) in [5, 5.41) is 0.283. The van der Waals surface area contributed by atoms with E-state index >= 15 is 0 Å². The van der Waals surface area contributed by atoms with E-state index < -0.39 is 24.2 Å². The van der Waals surface area contributed by atoms with Crippen molar-refractivity contribution in [1.82, 2.24) is 4.98 Å². The van der Waals surface area contributed by atoms with E-state index in [0.717, 1.165) is 25.4 Å². The largest absolute Gasteiger partial charge is 0.521 e. The first-order valence-electron chi connectivity index (χ1n) is 8.80. The lowest BCUT2D eigenvalue weighted by molar-refractivity contribution is -0.548. The summed E-state index contributed by atoms with van der Waals surface area (Å²) in [5.74, 6) is -4.36. The van der Waals surface area contributed by atoms with Crippen LogP contribution in [0.1, 0.15) is 4.79 Å². The van der Waals surface area contributed by atoms with Crippen molar-refractivity contribution in [3.63, 3.8) is 0 Å². The molecule has 3 aromatic rings. The normalized spacial score (nSPS) is 12.0. The van der Waals surface area contributed by atoms with E-state index in [2.05, 4.69) is 4.98 Å². The summed E-state index contributed by atoms with van der Waals surface area (Å²) in [5.41, 5.74) is -0.259. The molecule has 0 radical (unpaired) electrons. The molecule has 0 bridgehead atoms. The topological polar surface area (TPSA) is 63.4 Å². The molecule has 0 N–H and O–H groups in total. The lowest BCUT2D eigenvalue weighted by Crippen LogP contribution is -2.52. The highest BCUT2D eigenvalue weighted by Crippen LogP contribution is 2.27. The Bertz CT molecular complexity index is 1190. The summed E-state index contributed by atoms with van der Waals surface area (Å²) in [6.07, 6.45) is -9.36. The number of benzene rings is 1. The zero-order chi connectivity index (χ0) is 23.8. The van der Waals surface area contributed by atoms with Crippen LogP contribution in [0.25, 0.3) is 22.2 Å². The first-order valence-corrected chi connectivity index (χ1v) is 8.80. The average molecular weight is 458 g/mol. The molecular formula is C20H14F6N3O3+. The minimum Gasteiger partial charge on any atom is -0.497 e. The third-order valence-corrected chi connectivity index (χ3v) is 4.52. The molecule has 1 amide bonds. The first-order chi connectivity index (χ1) is 14.8. The van der Waals surface area contributed by atoms with Crippen LogP contribution in [0.3, 0.4) is 0 Å². The average Bonchev–Trinajstić information content (AvgIpc) is 2.75. The molecule has 0 saturated heterocycles. The molecule has 0 fully saturated rings. The maximum absolute atomic E-state index is 13.3. The van der Waals surface area contributed by atoms with E-state index in [1.807, 2.05) is 0 Å². The number of nitrogens with zero attached hydrogens (tertiary/aromatic N) is 3. The Labute approximate surface area is 176 Å². The monoisotopic (exact) mass is 458 g/mol. The molecule has 0 spiro atoms. The molecule has 2 aromatic heterocycles. The molecule has 6 nitrogen and oxygen atoms in total. The van der Waals surface area contributed by atoms with Crippen molar-refractivity contribution >= 4 is 28.5 Å². The number of carbonyl (C=O) groups is 2. The lowest BCUT2D eigenvalue weighted by Gasteiger charge is -2.17. The van der Waals surface area contributed by atoms with Crippen LogP contribution in [-0.4, -0.2) is 43.3 Å². The van der Waals surface area contributed by atoms with Crippen molar-refractivity contribution in [3.8, 4) is 17.0 Å². The molecule has 168 valence electrons. The summed E-state index contributed by atoms with van der Waals surface area (Å²) in [7, 11) is 2.23. The number of alkyl halides is 6. The Hall–Kier alpha value is -3.70. The van der Waals surface area contributed by atoms with Gasteiger partial charge in [0, 0.05) is 25.4 Å². The van der Waals surface area contributed by atoms with Gasteiger partial charge in [-0.15, -0.1) is 4.57 Å². The highest BCUT2D eigenvalue weighted by Gasteiger charge is 2.50. The maximum Gasteiger partial charge on any atom is 0.521 e. The van der Waals surface area contributed by atoms with Crippen LogP contribution in [0, 0.1) is 0 Å². The van der Waals surface area contributed by atoms with Crippen LogP contribution in [-0.2, 0) is 4.79 Å². The van der Waals surface area contributed by atoms with Crippen molar-refractivity contribution in [3.05, 3.63) is 48.7 Å². The Morgan fingerprint density at radius 1 is 0.969 bits per heavy atom. The van der Waals surface area contributed by atoms with Gasteiger partial charge in [0.1, 0.15) is 11.6 Å². The number of carbonyl (C=O) groups excluding carboxylic acids is 2. The van der Waals surface area contributed by atoms with E-state index in [-0.39, 0.29) is 32.9 Å². The fourth-order valence-electron chi connectivity index (χ4n) is 2.97. The molecule has 2 heterocycles. The molecule has 0 aliphatic carbocycles. The van der Waals surface area contributed by atoms with Crippen LogP contribution in [0.2, 0.25) is 0 Å². The zero-order valence-corrected chi connectivity index (χ0v) is 16.5. The lowest BCUT2D eigenvalue weighted by atomic mass is 10.1. The van der Waals surface area contributed by atoms with Crippen molar-refractivity contribution in [1.29, 1.82) is 0 Å². The summed E-state index contributed by atoms with van der Waals surface area (Å²) >= 11 is 0. The third kappa shape index (κ3) is 4.34. The maximum atomic E-state index is 13.3. The van der Waals surface area contributed by atoms with Gasteiger partial charge < -0.3 is 4.74 Å². The van der Waals surface area contributed by atoms with Gasteiger partial charge in [-0.3, -0.25) is 9.69 Å². The highest BCUT2D eigenvalue weighted by molar-refractivity contribution is 5.96. The van der Waals surface area contributed by atoms with Crippen molar-refractivity contribution in [2.24, 2.45) is 0 Å². The van der Waals surface area contributed by atoms with Crippen LogP contribution in [0.5, 0.6) is 5.75 Å². The second-order valence-corrected chi connectivity index (χ2v) is 6.55. The van der Waals surface area contributed by atoms with Gasteiger partial charge in [-0.1, -0.05) is 0 Å². The van der Waals surface area contributed by atoms with Crippen LogP contribution in [0.4, 0.5) is 32.2 Å². The molecule has 3 rings (SSSR count). The van der Waals surface area contributed by atoms with E-state index in [1.54, 1.807) is 0 Å². The number of methoxy groups -OCH3 is 1. The number of hydrogen-bond acceptors (Lipinski definition) is 4. The zero-order valence-electron chi connectivity index (χ0n) is 16.5. The summed E-state index contributed by atoms with van der Waals surface area (Å²) in [4.78, 5) is 27.6. The Morgan fingerprint density at radius 2 is 1.66 bits per heavy atom. The minimum atomic E-state index is -5.21. The van der Waals surface area contributed by atoms with Crippen LogP contribution < -0.4 is 14.2 Å². The van der Waals surface area contributed by atoms with Gasteiger partial charge in [0.2, 0.25) is 11.2 Å². The van der Waals surface area contributed by atoms with Gasteiger partial charge in [0.25, 0.3) is 0 Å². The van der Waals surface area contributed by atoms with E-state index in [0.29, 0.717) is 10.3 Å². The predicted octanol–water partition coefficient (Wildman–Crippen LogP) is 3.93. The number of aromatic nitrogens is 2. The summed E-state index contributed by atoms with van der Waals surface area (Å²) in [6, 6.07) is 8.99. The van der Waals surface area contributed by atoms with E-state index in [4.69, 9.17) is 4.74 Å². The smallest absolute Gasteiger partial charge is 0.497 e. The number of rotatable bonds is 3. The number of halogens is 6. The van der Waals surface area contributed by atoms with Gasteiger partial charge in [-0.05, 0) is 30.3 Å². The highest BCUT2D eigenvalue weighted by atomic mass is 19.4. The second-order valence-electron chi connectivity index (χ2n) is 6.55. The van der Waals surface area contributed by atoms with Crippen molar-refractivity contribution in [2.75, 3.05) is 19.1 Å². The van der Waals surface area contributed by atoms with Gasteiger partial charge >= 0.3 is 24.2 Å². The molecule has 0 aliphatic rings. The van der Waals surface area contributed by atoms with Gasteiger partial charge in [-0.2, -0.15) is 26.3 Å². The molecule has 1 aromatic carbocycles. The number of hydrogen-bond donors (Lipinski definition) is 0. The SMILES string of the molecule is COc1ccc2c(ccc(-c3ccc(N(C)C(=O)C(F)(F)F)nc3)[n+]2C(=O)C(F)(F)F)c1. The van der Waals surface area contributed by atoms with Gasteiger partial charge in [0.15, 0.2) is 0 Å². The molecule has 0 atom stereocenters. The Kier molecular flexibility index (Phi) is 5.81. The van der Waals surface area contributed by atoms with Gasteiger partial charge in [0.05, 0.1) is 18.1 Å². The fraction of sp³-hybridized carbons (Fsp3) is 0.200. The van der Waals surface area contributed by atoms with Crippen LogP contribution in [0.15, 0.2) is 48.7 Å². The standard InChI is InChI=1S/C20H14F6N3O3/c1-28(17(30)19(21,22)23)16-8-4-12(10-27-16)15-6-3-11-9-13(32-2)5-7-14(11)29(15)18(31)20(24,25)26/h3-10H,1-2H3/q+1. The molecule has 12 heteroatoms. The number of amides is 1. The summed E-state index contributed by atoms with van der Waals surface area (Å²) in [6.45, 7) is 0. The first kappa shape index (κ1) is 23.0. The third-order valence-electron chi connectivity index (χ3n) is 4.52. The van der Waals surface area contributed by atoms with Gasteiger partial charge in [-0.25, -0.2) is 9.78 Å². The summed E-state index contributed by atoms with van der Waals surface area (Å²) < 4.78 is 83.3. The molecule has 32 heavy (non-hydrogen) atoms. The number of fused-ring (bicyclic) bond motifs is 1. The van der Waals surface area contributed by atoms with E-state index in [9.17, 15) is 35.9 Å². The Balaban J connectivity index is 2.14. The Morgan fingerprint density at radius 3 is 2.19 bits per heavy atom. The van der Waals surface area contributed by atoms with Crippen molar-refractivity contribution in [2.45, 2.75) is 12.4 Å². The molecular weight excluding hydrogens is 444 g/mol. The number of anilines is 1. The molecule has 0 aliphatic heterocycles. The number of pyridine rings is 2. The van der Waals surface area contributed by atoms with E-state index in [1.165, 1.54) is 37.4 Å². The fourth-order valence-corrected chi connectivity index (χ4v) is 2.97. The predicted molar refractivity (Wildman–Crippen MR) is 100 cm³/mol. The molecule has 0 saturated carbocycles. The van der Waals surface area contributed by atoms with Crippen LogP contribution >= 0.6 is 0 Å². The van der Waals surface area contributed by atoms with Crippen molar-refractivity contribution < 1.29 is 45.2 Å². The minimum absolute atomic E-state index is 0.0110. The quantitative estimate of drug-likeness (QED) is 0.441. The molecule has 0 unspecified atom stereocenters. The second kappa shape index (κ2) is 8.09.